The molecule has 21 heavy (non-hydrogen) atoms. The molecule has 0 amide bonds. The van der Waals surface area contributed by atoms with Gasteiger partial charge in [-0.15, -0.1) is 5.10 Å². The molecule has 0 N–H and O–H groups in total. The summed E-state index contributed by atoms with van der Waals surface area (Å²) < 4.78 is 7.12. The monoisotopic (exact) mass is 293 g/mol. The van der Waals surface area contributed by atoms with Gasteiger partial charge in [0, 0.05) is 0 Å². The molecule has 5 nitrogen and oxygen atoms in total. The first kappa shape index (κ1) is 16.0. The third-order valence-electron chi connectivity index (χ3n) is 4.12. The maximum atomic E-state index is 12.1. The number of hydrogen-bond donors (Lipinski definition) is 0. The second-order valence-corrected chi connectivity index (χ2v) is 6.57. The number of carbonyl (C=O) groups excluding carboxylic acids is 1. The van der Waals surface area contributed by atoms with E-state index in [2.05, 4.69) is 31.1 Å². The van der Waals surface area contributed by atoms with Crippen LogP contribution in [0.5, 0.6) is 0 Å². The van der Waals surface area contributed by atoms with Crippen LogP contribution in [0.2, 0.25) is 0 Å². The summed E-state index contributed by atoms with van der Waals surface area (Å²) in [5.74, 6) is 0.825. The van der Waals surface area contributed by atoms with E-state index in [-0.39, 0.29) is 5.97 Å². The van der Waals surface area contributed by atoms with Crippen LogP contribution in [0.1, 0.15) is 75.6 Å². The van der Waals surface area contributed by atoms with Crippen LogP contribution >= 0.6 is 0 Å². The highest BCUT2D eigenvalue weighted by Gasteiger charge is 2.28. The quantitative estimate of drug-likeness (QED) is 0.781. The lowest BCUT2D eigenvalue weighted by atomic mass is 9.87. The molecule has 1 aliphatic carbocycles. The van der Waals surface area contributed by atoms with Crippen molar-refractivity contribution in [3.8, 4) is 0 Å². The molecule has 1 fully saturated rings. The van der Waals surface area contributed by atoms with Crippen LogP contribution in [-0.2, 0) is 11.2 Å². The van der Waals surface area contributed by atoms with E-state index in [1.165, 1.54) is 12.8 Å². The summed E-state index contributed by atoms with van der Waals surface area (Å²) >= 11 is 0. The second-order valence-electron chi connectivity index (χ2n) is 6.57. The van der Waals surface area contributed by atoms with Gasteiger partial charge in [0.25, 0.3) is 0 Å². The number of esters is 1. The Bertz CT molecular complexity index is 482. The van der Waals surface area contributed by atoms with Gasteiger partial charge in [-0.05, 0) is 38.0 Å². The van der Waals surface area contributed by atoms with Gasteiger partial charge in [0.15, 0.2) is 5.69 Å². The van der Waals surface area contributed by atoms with E-state index in [0.29, 0.717) is 30.2 Å². The highest BCUT2D eigenvalue weighted by Crippen LogP contribution is 2.33. The van der Waals surface area contributed by atoms with Crippen LogP contribution in [-0.4, -0.2) is 27.6 Å². The van der Waals surface area contributed by atoms with Crippen LogP contribution in [0.15, 0.2) is 0 Å². The van der Waals surface area contributed by atoms with E-state index in [1.807, 2.05) is 11.6 Å². The van der Waals surface area contributed by atoms with Crippen LogP contribution in [0, 0.1) is 11.8 Å². The fourth-order valence-corrected chi connectivity index (χ4v) is 3.17. The number of rotatable bonds is 5. The van der Waals surface area contributed by atoms with Gasteiger partial charge in [-0.2, -0.15) is 0 Å². The summed E-state index contributed by atoms with van der Waals surface area (Å²) in [5.41, 5.74) is 1.35. The molecule has 5 heteroatoms. The molecule has 0 aromatic carbocycles. The average molecular weight is 293 g/mol. The second kappa shape index (κ2) is 7.05. The van der Waals surface area contributed by atoms with Gasteiger partial charge in [0.05, 0.1) is 18.3 Å². The lowest BCUT2D eigenvalue weighted by Crippen LogP contribution is -2.22. The SMILES string of the molecule is CCOC(=O)c1nnn(C2CCCC(C)C2)c1CC(C)C. The number of nitrogens with zero attached hydrogens (tertiary/aromatic N) is 3. The molecule has 0 bridgehead atoms. The Morgan fingerprint density at radius 3 is 2.81 bits per heavy atom. The van der Waals surface area contributed by atoms with Gasteiger partial charge in [-0.25, -0.2) is 9.48 Å². The predicted molar refractivity (Wildman–Crippen MR) is 81.2 cm³/mol. The molecule has 0 radical (unpaired) electrons. The zero-order chi connectivity index (χ0) is 15.4. The fourth-order valence-electron chi connectivity index (χ4n) is 3.17. The standard InChI is InChI=1S/C16H27N3O2/c1-5-21-16(20)15-14(9-11(2)3)19(18-17-15)13-8-6-7-12(4)10-13/h11-13H,5-10H2,1-4H3. The predicted octanol–water partition coefficient (Wildman–Crippen LogP) is 3.40. The maximum absolute atomic E-state index is 12.1. The van der Waals surface area contributed by atoms with Gasteiger partial charge in [0.2, 0.25) is 0 Å². The molecule has 1 aromatic heterocycles. The third-order valence-corrected chi connectivity index (χ3v) is 4.12. The molecule has 2 rings (SSSR count). The van der Waals surface area contributed by atoms with E-state index in [9.17, 15) is 4.79 Å². The van der Waals surface area contributed by atoms with Crippen molar-refractivity contribution >= 4 is 5.97 Å². The topological polar surface area (TPSA) is 57.0 Å². The maximum Gasteiger partial charge on any atom is 0.360 e. The van der Waals surface area contributed by atoms with Crippen molar-refractivity contribution in [3.63, 3.8) is 0 Å². The molecular weight excluding hydrogens is 266 g/mol. The zero-order valence-electron chi connectivity index (χ0n) is 13.6. The fraction of sp³-hybridized carbons (Fsp3) is 0.812. The number of ether oxygens (including phenoxy) is 1. The van der Waals surface area contributed by atoms with Crippen LogP contribution in [0.25, 0.3) is 0 Å². The molecule has 1 heterocycles. The Hall–Kier alpha value is -1.39. The molecular formula is C16H27N3O2. The summed E-state index contributed by atoms with van der Waals surface area (Å²) in [6, 6.07) is 0.373. The summed E-state index contributed by atoms with van der Waals surface area (Å²) in [6.45, 7) is 8.77. The number of aromatic nitrogens is 3. The van der Waals surface area contributed by atoms with Crippen molar-refractivity contribution in [1.29, 1.82) is 0 Å². The first-order valence-electron chi connectivity index (χ1n) is 8.14. The van der Waals surface area contributed by atoms with Crippen molar-refractivity contribution < 1.29 is 9.53 Å². The molecule has 1 aliphatic rings. The Balaban J connectivity index is 2.29. The summed E-state index contributed by atoms with van der Waals surface area (Å²) in [5, 5.41) is 8.42. The van der Waals surface area contributed by atoms with Crippen molar-refractivity contribution in [2.45, 2.75) is 65.8 Å². The lowest BCUT2D eigenvalue weighted by molar-refractivity contribution is 0.0517. The number of hydrogen-bond acceptors (Lipinski definition) is 4. The minimum absolute atomic E-state index is 0.344. The van der Waals surface area contributed by atoms with E-state index >= 15 is 0 Å². The molecule has 0 spiro atoms. The van der Waals surface area contributed by atoms with Gasteiger partial charge < -0.3 is 4.74 Å². The lowest BCUT2D eigenvalue weighted by Gasteiger charge is -2.28. The molecule has 1 saturated carbocycles. The van der Waals surface area contributed by atoms with Gasteiger partial charge in [-0.1, -0.05) is 38.8 Å². The number of carbonyl (C=O) groups is 1. The molecule has 0 saturated heterocycles. The van der Waals surface area contributed by atoms with E-state index in [4.69, 9.17) is 4.74 Å². The summed E-state index contributed by atoms with van der Waals surface area (Å²) in [7, 11) is 0. The van der Waals surface area contributed by atoms with Crippen molar-refractivity contribution in [1.82, 2.24) is 15.0 Å². The molecule has 1 aromatic rings. The minimum atomic E-state index is -0.344. The Morgan fingerprint density at radius 1 is 1.43 bits per heavy atom. The Morgan fingerprint density at radius 2 is 2.19 bits per heavy atom. The smallest absolute Gasteiger partial charge is 0.360 e. The van der Waals surface area contributed by atoms with E-state index < -0.39 is 0 Å². The Labute approximate surface area is 127 Å². The molecule has 0 aliphatic heterocycles. The van der Waals surface area contributed by atoms with Crippen LogP contribution < -0.4 is 0 Å². The Kier molecular flexibility index (Phi) is 5.37. The molecule has 2 atom stereocenters. The first-order valence-corrected chi connectivity index (χ1v) is 8.14. The molecule has 118 valence electrons. The van der Waals surface area contributed by atoms with E-state index in [1.54, 1.807) is 0 Å². The van der Waals surface area contributed by atoms with Gasteiger partial charge in [0.1, 0.15) is 0 Å². The van der Waals surface area contributed by atoms with Crippen molar-refractivity contribution in [2.24, 2.45) is 11.8 Å². The first-order chi connectivity index (χ1) is 10.0. The van der Waals surface area contributed by atoms with Gasteiger partial charge in [-0.3, -0.25) is 0 Å². The van der Waals surface area contributed by atoms with Crippen LogP contribution in [0.4, 0.5) is 0 Å². The largest absolute Gasteiger partial charge is 0.461 e. The summed E-state index contributed by atoms with van der Waals surface area (Å²) in [6.07, 6.45) is 5.57. The minimum Gasteiger partial charge on any atom is -0.461 e. The highest BCUT2D eigenvalue weighted by molar-refractivity contribution is 5.88. The van der Waals surface area contributed by atoms with Gasteiger partial charge >= 0.3 is 5.97 Å². The summed E-state index contributed by atoms with van der Waals surface area (Å²) in [4.78, 5) is 12.1. The van der Waals surface area contributed by atoms with Crippen molar-refractivity contribution in [2.75, 3.05) is 6.61 Å². The van der Waals surface area contributed by atoms with Crippen molar-refractivity contribution in [3.05, 3.63) is 11.4 Å². The zero-order valence-corrected chi connectivity index (χ0v) is 13.6. The molecule has 2 unspecified atom stereocenters. The third kappa shape index (κ3) is 3.83. The normalized spacial score (nSPS) is 22.5. The van der Waals surface area contributed by atoms with E-state index in [0.717, 1.165) is 25.0 Å². The average Bonchev–Trinajstić information content (AvgIpc) is 2.82. The highest BCUT2D eigenvalue weighted by atomic mass is 16.5. The van der Waals surface area contributed by atoms with Crippen LogP contribution in [0.3, 0.4) is 0 Å².